The molecular formula is C18H25N3O3. The summed E-state index contributed by atoms with van der Waals surface area (Å²) in [5, 5.41) is 5.54. The molecule has 2 rings (SSSR count). The number of rotatable bonds is 6. The third-order valence-corrected chi connectivity index (χ3v) is 4.44. The van der Waals surface area contributed by atoms with E-state index in [4.69, 9.17) is 0 Å². The molecule has 2 amide bonds. The number of hydrogen-bond acceptors (Lipinski definition) is 4. The summed E-state index contributed by atoms with van der Waals surface area (Å²) < 4.78 is 0. The van der Waals surface area contributed by atoms with Crippen molar-refractivity contribution in [2.75, 3.05) is 32.0 Å². The van der Waals surface area contributed by atoms with Gasteiger partial charge in [0.1, 0.15) is 0 Å². The molecule has 0 bridgehead atoms. The van der Waals surface area contributed by atoms with Gasteiger partial charge in [-0.05, 0) is 57.1 Å². The molecule has 6 nitrogen and oxygen atoms in total. The number of piperidine rings is 1. The fourth-order valence-electron chi connectivity index (χ4n) is 2.89. The van der Waals surface area contributed by atoms with Crippen molar-refractivity contribution in [3.63, 3.8) is 0 Å². The van der Waals surface area contributed by atoms with E-state index in [1.165, 1.54) is 6.92 Å². The highest BCUT2D eigenvalue weighted by atomic mass is 16.2. The van der Waals surface area contributed by atoms with Crippen LogP contribution in [0.25, 0.3) is 0 Å². The molecule has 1 aromatic rings. The summed E-state index contributed by atoms with van der Waals surface area (Å²) in [4.78, 5) is 37.1. The van der Waals surface area contributed by atoms with Gasteiger partial charge in [0, 0.05) is 37.2 Å². The van der Waals surface area contributed by atoms with E-state index >= 15 is 0 Å². The number of likely N-dealkylation sites (tertiary alicyclic amines) is 1. The lowest BCUT2D eigenvalue weighted by Gasteiger charge is -2.30. The highest BCUT2D eigenvalue weighted by molar-refractivity contribution is 5.95. The van der Waals surface area contributed by atoms with Crippen molar-refractivity contribution in [3.05, 3.63) is 29.8 Å². The quantitative estimate of drug-likeness (QED) is 0.777. The van der Waals surface area contributed by atoms with Crippen LogP contribution >= 0.6 is 0 Å². The highest BCUT2D eigenvalue weighted by Gasteiger charge is 2.24. The number of amides is 2. The molecule has 1 fully saturated rings. The molecule has 0 aliphatic carbocycles. The first kappa shape index (κ1) is 18.1. The molecule has 1 saturated heterocycles. The van der Waals surface area contributed by atoms with Gasteiger partial charge in [0.05, 0.1) is 0 Å². The molecule has 0 aromatic heterocycles. The Balaban J connectivity index is 1.72. The van der Waals surface area contributed by atoms with E-state index in [9.17, 15) is 14.4 Å². The smallest absolute Gasteiger partial charge is 0.225 e. The number of ketones is 1. The zero-order chi connectivity index (χ0) is 17.5. The van der Waals surface area contributed by atoms with E-state index in [0.717, 1.165) is 25.9 Å². The van der Waals surface area contributed by atoms with Crippen molar-refractivity contribution in [3.8, 4) is 0 Å². The molecule has 1 aromatic carbocycles. The van der Waals surface area contributed by atoms with Gasteiger partial charge in [-0.3, -0.25) is 14.4 Å². The first-order valence-electron chi connectivity index (χ1n) is 8.34. The van der Waals surface area contributed by atoms with Crippen LogP contribution in [0.3, 0.4) is 0 Å². The monoisotopic (exact) mass is 331 g/mol. The Morgan fingerprint density at radius 1 is 1.12 bits per heavy atom. The van der Waals surface area contributed by atoms with Gasteiger partial charge in [-0.25, -0.2) is 0 Å². The topological polar surface area (TPSA) is 78.5 Å². The molecule has 130 valence electrons. The Kier molecular flexibility index (Phi) is 6.49. The third-order valence-electron chi connectivity index (χ3n) is 4.44. The van der Waals surface area contributed by atoms with Gasteiger partial charge in [0.15, 0.2) is 5.78 Å². The maximum absolute atomic E-state index is 12.0. The van der Waals surface area contributed by atoms with Crippen LogP contribution in [-0.4, -0.2) is 49.2 Å². The minimum Gasteiger partial charge on any atom is -0.359 e. The molecule has 0 unspecified atom stereocenters. The molecular weight excluding hydrogens is 306 g/mol. The number of benzene rings is 1. The molecule has 1 heterocycles. The fourth-order valence-corrected chi connectivity index (χ4v) is 2.89. The molecule has 6 heteroatoms. The highest BCUT2D eigenvalue weighted by Crippen LogP contribution is 2.17. The Bertz CT molecular complexity index is 590. The van der Waals surface area contributed by atoms with Crippen molar-refractivity contribution in [2.24, 2.45) is 5.92 Å². The van der Waals surface area contributed by atoms with Crippen molar-refractivity contribution < 1.29 is 14.4 Å². The van der Waals surface area contributed by atoms with Gasteiger partial charge in [-0.1, -0.05) is 0 Å². The van der Waals surface area contributed by atoms with Crippen LogP contribution in [0.15, 0.2) is 24.3 Å². The second-order valence-electron chi connectivity index (χ2n) is 6.16. The maximum atomic E-state index is 12.0. The lowest BCUT2D eigenvalue weighted by Crippen LogP contribution is -2.40. The average molecular weight is 331 g/mol. The Morgan fingerprint density at radius 3 is 2.29 bits per heavy atom. The van der Waals surface area contributed by atoms with Gasteiger partial charge >= 0.3 is 0 Å². The zero-order valence-electron chi connectivity index (χ0n) is 14.3. The molecule has 1 aliphatic heterocycles. The number of nitrogens with zero attached hydrogens (tertiary/aromatic N) is 1. The van der Waals surface area contributed by atoms with Crippen LogP contribution in [0.4, 0.5) is 5.69 Å². The summed E-state index contributed by atoms with van der Waals surface area (Å²) in [6.07, 6.45) is 2.10. The van der Waals surface area contributed by atoms with Crippen LogP contribution in [0, 0.1) is 5.92 Å². The van der Waals surface area contributed by atoms with Gasteiger partial charge in [0.2, 0.25) is 11.8 Å². The number of anilines is 1. The number of carbonyl (C=O) groups excluding carboxylic acids is 3. The van der Waals surface area contributed by atoms with Crippen LogP contribution < -0.4 is 10.6 Å². The summed E-state index contributed by atoms with van der Waals surface area (Å²) >= 11 is 0. The summed E-state index contributed by atoms with van der Waals surface area (Å²) in [7, 11) is 1.67. The Morgan fingerprint density at radius 2 is 1.75 bits per heavy atom. The summed E-state index contributed by atoms with van der Waals surface area (Å²) in [5.41, 5.74) is 1.33. The molecule has 0 spiro atoms. The SMILES string of the molecule is CNC(=O)C1CCN(CCC(=O)Nc2ccc(C(C)=O)cc2)CC1. The fraction of sp³-hybridized carbons (Fsp3) is 0.500. The normalized spacial score (nSPS) is 15.8. The van der Waals surface area contributed by atoms with Crippen LogP contribution in [0.2, 0.25) is 0 Å². The van der Waals surface area contributed by atoms with Gasteiger partial charge in [-0.15, -0.1) is 0 Å². The van der Waals surface area contributed by atoms with Gasteiger partial charge < -0.3 is 15.5 Å². The zero-order valence-corrected chi connectivity index (χ0v) is 14.3. The molecule has 0 radical (unpaired) electrons. The predicted molar refractivity (Wildman–Crippen MR) is 92.9 cm³/mol. The molecule has 0 atom stereocenters. The average Bonchev–Trinajstić information content (AvgIpc) is 2.60. The van der Waals surface area contributed by atoms with Crippen LogP contribution in [0.1, 0.15) is 36.5 Å². The Labute approximate surface area is 142 Å². The van der Waals surface area contributed by atoms with Gasteiger partial charge in [-0.2, -0.15) is 0 Å². The first-order valence-corrected chi connectivity index (χ1v) is 8.34. The van der Waals surface area contributed by atoms with E-state index in [1.807, 2.05) is 0 Å². The molecule has 0 saturated carbocycles. The van der Waals surface area contributed by atoms with Crippen LogP contribution in [0.5, 0.6) is 0 Å². The Hall–Kier alpha value is -2.21. The van der Waals surface area contributed by atoms with E-state index in [-0.39, 0.29) is 23.5 Å². The summed E-state index contributed by atoms with van der Waals surface area (Å²) in [6, 6.07) is 6.90. The minimum absolute atomic E-state index is 0.00744. The van der Waals surface area contributed by atoms with Crippen molar-refractivity contribution in [1.29, 1.82) is 0 Å². The maximum Gasteiger partial charge on any atom is 0.225 e. The van der Waals surface area contributed by atoms with E-state index in [2.05, 4.69) is 15.5 Å². The van der Waals surface area contributed by atoms with Gasteiger partial charge in [0.25, 0.3) is 0 Å². The second-order valence-corrected chi connectivity index (χ2v) is 6.16. The second kappa shape index (κ2) is 8.59. The van der Waals surface area contributed by atoms with E-state index in [0.29, 0.717) is 24.2 Å². The largest absolute Gasteiger partial charge is 0.359 e. The number of Topliss-reactive ketones (excluding diaryl/α,β-unsaturated/α-hetero) is 1. The van der Waals surface area contributed by atoms with E-state index in [1.54, 1.807) is 31.3 Å². The number of carbonyl (C=O) groups is 3. The summed E-state index contributed by atoms with van der Waals surface area (Å²) in [6.45, 7) is 3.90. The minimum atomic E-state index is -0.0426. The summed E-state index contributed by atoms with van der Waals surface area (Å²) in [5.74, 6) is 0.174. The lowest BCUT2D eigenvalue weighted by atomic mass is 9.96. The van der Waals surface area contributed by atoms with Crippen molar-refractivity contribution >= 4 is 23.3 Å². The van der Waals surface area contributed by atoms with E-state index < -0.39 is 0 Å². The van der Waals surface area contributed by atoms with Crippen molar-refractivity contribution in [1.82, 2.24) is 10.2 Å². The third kappa shape index (κ3) is 5.16. The standard InChI is InChI=1S/C18H25N3O3/c1-13(22)14-3-5-16(6-4-14)20-17(23)9-12-21-10-7-15(8-11-21)18(24)19-2/h3-6,15H,7-12H2,1-2H3,(H,19,24)(H,20,23). The first-order chi connectivity index (χ1) is 11.5. The molecule has 24 heavy (non-hydrogen) atoms. The number of hydrogen-bond donors (Lipinski definition) is 2. The molecule has 2 N–H and O–H groups in total. The predicted octanol–water partition coefficient (Wildman–Crippen LogP) is 1.68. The molecule has 1 aliphatic rings. The van der Waals surface area contributed by atoms with Crippen LogP contribution in [-0.2, 0) is 9.59 Å². The lowest BCUT2D eigenvalue weighted by molar-refractivity contribution is -0.126. The van der Waals surface area contributed by atoms with Crippen molar-refractivity contribution in [2.45, 2.75) is 26.2 Å². The number of nitrogens with one attached hydrogen (secondary N) is 2.